The summed E-state index contributed by atoms with van der Waals surface area (Å²) in [5.41, 5.74) is 3.69. The van der Waals surface area contributed by atoms with Crippen molar-refractivity contribution in [3.8, 4) is 0 Å². The van der Waals surface area contributed by atoms with Crippen LogP contribution in [0.15, 0.2) is 53.0 Å². The van der Waals surface area contributed by atoms with Crippen molar-refractivity contribution >= 4 is 21.8 Å². The SMILES string of the molecule is CCc1ccc(CCC(=O)N(C)Cc2ccccc2Br)cc1. The summed E-state index contributed by atoms with van der Waals surface area (Å²) in [5.74, 6) is 0.176. The lowest BCUT2D eigenvalue weighted by atomic mass is 10.1. The monoisotopic (exact) mass is 359 g/mol. The van der Waals surface area contributed by atoms with Crippen LogP contribution in [-0.4, -0.2) is 17.9 Å². The minimum absolute atomic E-state index is 0.176. The molecule has 0 atom stereocenters. The third-order valence-electron chi connectivity index (χ3n) is 3.85. The van der Waals surface area contributed by atoms with E-state index in [9.17, 15) is 4.79 Å². The third kappa shape index (κ3) is 4.70. The van der Waals surface area contributed by atoms with E-state index in [1.165, 1.54) is 11.1 Å². The molecule has 0 spiro atoms. The zero-order valence-corrected chi connectivity index (χ0v) is 14.8. The molecule has 0 aliphatic carbocycles. The number of hydrogen-bond acceptors (Lipinski definition) is 1. The summed E-state index contributed by atoms with van der Waals surface area (Å²) in [5, 5.41) is 0. The number of hydrogen-bond donors (Lipinski definition) is 0. The highest BCUT2D eigenvalue weighted by molar-refractivity contribution is 9.10. The van der Waals surface area contributed by atoms with Crippen LogP contribution in [0.5, 0.6) is 0 Å². The standard InChI is InChI=1S/C19H22BrNO/c1-3-15-8-10-16(11-9-15)12-13-19(22)21(2)14-17-6-4-5-7-18(17)20/h4-11H,3,12-14H2,1-2H3. The van der Waals surface area contributed by atoms with Gasteiger partial charge in [-0.15, -0.1) is 0 Å². The molecule has 2 aromatic carbocycles. The second kappa shape index (κ2) is 8.14. The number of benzene rings is 2. The molecule has 2 nitrogen and oxygen atoms in total. The largest absolute Gasteiger partial charge is 0.341 e. The lowest BCUT2D eigenvalue weighted by molar-refractivity contribution is -0.130. The van der Waals surface area contributed by atoms with E-state index in [-0.39, 0.29) is 5.91 Å². The van der Waals surface area contributed by atoms with Crippen molar-refractivity contribution in [3.63, 3.8) is 0 Å². The zero-order valence-electron chi connectivity index (χ0n) is 13.2. The van der Waals surface area contributed by atoms with Gasteiger partial charge in [0.1, 0.15) is 0 Å². The first-order chi connectivity index (χ1) is 10.6. The minimum atomic E-state index is 0.176. The predicted octanol–water partition coefficient (Wildman–Crippen LogP) is 4.60. The van der Waals surface area contributed by atoms with Crippen molar-refractivity contribution in [2.75, 3.05) is 7.05 Å². The van der Waals surface area contributed by atoms with Crippen LogP contribution in [0.2, 0.25) is 0 Å². The minimum Gasteiger partial charge on any atom is -0.341 e. The molecule has 0 radical (unpaired) electrons. The number of halogens is 1. The molecule has 0 N–H and O–H groups in total. The summed E-state index contributed by atoms with van der Waals surface area (Å²) in [6.45, 7) is 2.78. The van der Waals surface area contributed by atoms with E-state index >= 15 is 0 Å². The fraction of sp³-hybridized carbons (Fsp3) is 0.316. The average Bonchev–Trinajstić information content (AvgIpc) is 2.55. The van der Waals surface area contributed by atoms with Gasteiger partial charge in [-0.2, -0.15) is 0 Å². The van der Waals surface area contributed by atoms with Crippen molar-refractivity contribution in [3.05, 3.63) is 69.7 Å². The molecule has 0 unspecified atom stereocenters. The zero-order chi connectivity index (χ0) is 15.9. The van der Waals surface area contributed by atoms with Gasteiger partial charge < -0.3 is 4.90 Å². The van der Waals surface area contributed by atoms with E-state index < -0.39 is 0 Å². The fourth-order valence-corrected chi connectivity index (χ4v) is 2.76. The summed E-state index contributed by atoms with van der Waals surface area (Å²) in [7, 11) is 1.86. The summed E-state index contributed by atoms with van der Waals surface area (Å²) < 4.78 is 1.05. The second-order valence-electron chi connectivity index (χ2n) is 5.51. The van der Waals surface area contributed by atoms with Gasteiger partial charge in [-0.05, 0) is 35.6 Å². The Balaban J connectivity index is 1.87. The predicted molar refractivity (Wildman–Crippen MR) is 94.8 cm³/mol. The number of carbonyl (C=O) groups is 1. The Hall–Kier alpha value is -1.61. The van der Waals surface area contributed by atoms with Crippen molar-refractivity contribution in [2.45, 2.75) is 32.7 Å². The first-order valence-electron chi connectivity index (χ1n) is 7.65. The molecule has 1 amide bonds. The van der Waals surface area contributed by atoms with Crippen molar-refractivity contribution in [2.24, 2.45) is 0 Å². The normalized spacial score (nSPS) is 10.5. The first kappa shape index (κ1) is 16.8. The number of nitrogens with zero attached hydrogens (tertiary/aromatic N) is 1. The molecule has 0 aliphatic rings. The average molecular weight is 360 g/mol. The summed E-state index contributed by atoms with van der Waals surface area (Å²) >= 11 is 3.53. The molecule has 0 saturated carbocycles. The Morgan fingerprint density at radius 2 is 1.68 bits per heavy atom. The molecule has 0 fully saturated rings. The van der Waals surface area contributed by atoms with Crippen LogP contribution in [0.3, 0.4) is 0 Å². The van der Waals surface area contributed by atoms with E-state index in [2.05, 4.69) is 47.1 Å². The molecule has 0 aliphatic heterocycles. The van der Waals surface area contributed by atoms with Crippen LogP contribution < -0.4 is 0 Å². The Bertz CT molecular complexity index is 622. The molecular formula is C19H22BrNO. The van der Waals surface area contributed by atoms with E-state index in [1.54, 1.807) is 4.90 Å². The molecule has 0 bridgehead atoms. The molecule has 22 heavy (non-hydrogen) atoms. The maximum Gasteiger partial charge on any atom is 0.222 e. The summed E-state index contributed by atoms with van der Waals surface area (Å²) in [6.07, 6.45) is 2.39. The number of carbonyl (C=O) groups excluding carboxylic acids is 1. The molecule has 0 saturated heterocycles. The topological polar surface area (TPSA) is 20.3 Å². The molecular weight excluding hydrogens is 338 g/mol. The van der Waals surface area contributed by atoms with Crippen molar-refractivity contribution in [1.29, 1.82) is 0 Å². The van der Waals surface area contributed by atoms with Crippen LogP contribution >= 0.6 is 15.9 Å². The van der Waals surface area contributed by atoms with Gasteiger partial charge in [-0.25, -0.2) is 0 Å². The number of aryl methyl sites for hydroxylation is 2. The molecule has 116 valence electrons. The second-order valence-corrected chi connectivity index (χ2v) is 6.37. The molecule has 2 aromatic rings. The molecule has 0 aromatic heterocycles. The lowest BCUT2D eigenvalue weighted by Gasteiger charge is -2.18. The summed E-state index contributed by atoms with van der Waals surface area (Å²) in [6, 6.07) is 16.6. The molecule has 0 heterocycles. The number of rotatable bonds is 6. The van der Waals surface area contributed by atoms with Gasteiger partial charge in [0.05, 0.1) is 0 Å². The van der Waals surface area contributed by atoms with Crippen LogP contribution in [0.4, 0.5) is 0 Å². The van der Waals surface area contributed by atoms with Gasteiger partial charge in [0.25, 0.3) is 0 Å². The van der Waals surface area contributed by atoms with Gasteiger partial charge >= 0.3 is 0 Å². The van der Waals surface area contributed by atoms with Gasteiger partial charge in [-0.3, -0.25) is 4.79 Å². The van der Waals surface area contributed by atoms with E-state index in [0.717, 1.165) is 22.9 Å². The van der Waals surface area contributed by atoms with Gasteiger partial charge in [0, 0.05) is 24.5 Å². The highest BCUT2D eigenvalue weighted by atomic mass is 79.9. The summed E-state index contributed by atoms with van der Waals surface area (Å²) in [4.78, 5) is 14.1. The van der Waals surface area contributed by atoms with Gasteiger partial charge in [0.2, 0.25) is 5.91 Å². The van der Waals surface area contributed by atoms with Crippen LogP contribution in [-0.2, 0) is 24.2 Å². The van der Waals surface area contributed by atoms with E-state index in [0.29, 0.717) is 13.0 Å². The quantitative estimate of drug-likeness (QED) is 0.737. The Labute approximate surface area is 141 Å². The molecule has 2 rings (SSSR count). The van der Waals surface area contributed by atoms with Crippen LogP contribution in [0, 0.1) is 0 Å². The highest BCUT2D eigenvalue weighted by Crippen LogP contribution is 2.18. The first-order valence-corrected chi connectivity index (χ1v) is 8.44. The number of amides is 1. The Morgan fingerprint density at radius 3 is 2.32 bits per heavy atom. The van der Waals surface area contributed by atoms with Gasteiger partial charge in [0.15, 0.2) is 0 Å². The highest BCUT2D eigenvalue weighted by Gasteiger charge is 2.10. The van der Waals surface area contributed by atoms with E-state index in [1.807, 2.05) is 31.3 Å². The maximum atomic E-state index is 12.3. The van der Waals surface area contributed by atoms with Crippen molar-refractivity contribution in [1.82, 2.24) is 4.90 Å². The maximum absolute atomic E-state index is 12.3. The van der Waals surface area contributed by atoms with Crippen LogP contribution in [0.25, 0.3) is 0 Å². The van der Waals surface area contributed by atoms with Gasteiger partial charge in [-0.1, -0.05) is 65.3 Å². The molecule has 3 heteroatoms. The smallest absolute Gasteiger partial charge is 0.222 e. The van der Waals surface area contributed by atoms with Crippen molar-refractivity contribution < 1.29 is 4.79 Å². The lowest BCUT2D eigenvalue weighted by Crippen LogP contribution is -2.26. The third-order valence-corrected chi connectivity index (χ3v) is 4.62. The van der Waals surface area contributed by atoms with E-state index in [4.69, 9.17) is 0 Å². The van der Waals surface area contributed by atoms with Crippen LogP contribution in [0.1, 0.15) is 30.0 Å². The fourth-order valence-electron chi connectivity index (χ4n) is 2.35. The Kier molecular flexibility index (Phi) is 6.20. The Morgan fingerprint density at radius 1 is 1.05 bits per heavy atom.